The van der Waals surface area contributed by atoms with Gasteiger partial charge >= 0.3 is 0 Å². The van der Waals surface area contributed by atoms with Crippen molar-refractivity contribution in [3.05, 3.63) is 76.2 Å². The van der Waals surface area contributed by atoms with Crippen LogP contribution in [0.25, 0.3) is 27.9 Å². The van der Waals surface area contributed by atoms with Crippen molar-refractivity contribution in [3.8, 4) is 17.0 Å². The molecule has 0 fully saturated rings. The maximum atomic E-state index is 12.8. The van der Waals surface area contributed by atoms with Crippen LogP contribution in [0.2, 0.25) is 0 Å². The van der Waals surface area contributed by atoms with Crippen LogP contribution in [0.1, 0.15) is 24.2 Å². The average molecular weight is 414 g/mol. The molecule has 1 N–H and O–H groups in total. The van der Waals surface area contributed by atoms with Crippen LogP contribution >= 0.6 is 0 Å². The maximum Gasteiger partial charge on any atom is 0.272 e. The van der Waals surface area contributed by atoms with E-state index in [1.54, 1.807) is 13.2 Å². The second-order valence-electron chi connectivity index (χ2n) is 7.66. The lowest BCUT2D eigenvalue weighted by Gasteiger charge is -2.12. The molecule has 0 amide bonds. The highest BCUT2D eigenvalue weighted by Crippen LogP contribution is 2.26. The molecule has 0 aliphatic carbocycles. The van der Waals surface area contributed by atoms with E-state index in [1.165, 1.54) is 4.52 Å². The molecule has 0 bridgehead atoms. The van der Waals surface area contributed by atoms with Crippen LogP contribution in [-0.4, -0.2) is 36.7 Å². The molecule has 2 aromatic carbocycles. The highest BCUT2D eigenvalue weighted by Gasteiger charge is 2.17. The molecule has 8 heteroatoms. The largest absolute Gasteiger partial charge is 0.497 e. The molecule has 0 radical (unpaired) electrons. The molecule has 3 heterocycles. The first-order chi connectivity index (χ1) is 15.0. The van der Waals surface area contributed by atoms with E-state index in [4.69, 9.17) is 9.72 Å². The van der Waals surface area contributed by atoms with E-state index in [-0.39, 0.29) is 11.6 Å². The number of nitrogens with zero attached hydrogens (tertiary/aromatic N) is 5. The number of benzene rings is 2. The molecule has 0 saturated heterocycles. The molecule has 1 atom stereocenters. The molecule has 156 valence electrons. The Balaban J connectivity index is 1.51. The van der Waals surface area contributed by atoms with Crippen LogP contribution in [0.4, 0.5) is 0 Å². The van der Waals surface area contributed by atoms with Crippen LogP contribution in [0.3, 0.4) is 0 Å². The Labute approximate surface area is 178 Å². The zero-order chi connectivity index (χ0) is 21.5. The zero-order valence-corrected chi connectivity index (χ0v) is 17.5. The lowest BCUT2D eigenvalue weighted by Crippen LogP contribution is -2.18. The molecule has 0 unspecified atom stereocenters. The molecule has 8 nitrogen and oxygen atoms in total. The summed E-state index contributed by atoms with van der Waals surface area (Å²) >= 11 is 0. The zero-order valence-electron chi connectivity index (χ0n) is 17.5. The van der Waals surface area contributed by atoms with Gasteiger partial charge in [0.15, 0.2) is 5.65 Å². The van der Waals surface area contributed by atoms with Gasteiger partial charge in [-0.25, -0.2) is 14.2 Å². The van der Waals surface area contributed by atoms with Crippen molar-refractivity contribution in [2.75, 3.05) is 7.11 Å². The number of fused-ring (bicyclic) bond motifs is 2. The number of rotatable bonds is 5. The maximum absolute atomic E-state index is 12.8. The van der Waals surface area contributed by atoms with Crippen molar-refractivity contribution in [3.63, 3.8) is 0 Å². The number of aryl methyl sites for hydroxylation is 1. The number of aromatic nitrogens is 6. The quantitative estimate of drug-likeness (QED) is 0.475. The first-order valence-electron chi connectivity index (χ1n) is 10.1. The van der Waals surface area contributed by atoms with E-state index in [9.17, 15) is 4.79 Å². The van der Waals surface area contributed by atoms with Crippen molar-refractivity contribution >= 4 is 16.7 Å². The lowest BCUT2D eigenvalue weighted by atomic mass is 10.1. The predicted molar refractivity (Wildman–Crippen MR) is 118 cm³/mol. The van der Waals surface area contributed by atoms with Gasteiger partial charge in [-0.1, -0.05) is 17.3 Å². The normalized spacial score (nSPS) is 12.5. The molecular weight excluding hydrogens is 392 g/mol. The smallest absolute Gasteiger partial charge is 0.272 e. The lowest BCUT2D eigenvalue weighted by molar-refractivity contribution is 0.415. The summed E-state index contributed by atoms with van der Waals surface area (Å²) in [6.45, 7) is 4.02. The summed E-state index contributed by atoms with van der Waals surface area (Å²) in [7, 11) is 1.64. The SMILES string of the molecule is COc1ccc(-c2[nH]n3c(=O)cc(C[C@H](C)n4nnc5ccccc54)nc3c2C)cc1. The third-order valence-electron chi connectivity index (χ3n) is 5.58. The van der Waals surface area contributed by atoms with Crippen molar-refractivity contribution in [1.82, 2.24) is 29.6 Å². The molecule has 5 aromatic rings. The van der Waals surface area contributed by atoms with Gasteiger partial charge in [0, 0.05) is 23.6 Å². The Morgan fingerprint density at radius 2 is 1.90 bits per heavy atom. The Morgan fingerprint density at radius 3 is 2.68 bits per heavy atom. The van der Waals surface area contributed by atoms with Gasteiger partial charge in [0.2, 0.25) is 0 Å². The third-order valence-corrected chi connectivity index (χ3v) is 5.58. The van der Waals surface area contributed by atoms with Crippen LogP contribution < -0.4 is 10.3 Å². The molecule has 0 aliphatic heterocycles. The average Bonchev–Trinajstić information content (AvgIpc) is 3.36. The molecule has 5 rings (SSSR count). The van der Waals surface area contributed by atoms with Crippen LogP contribution in [-0.2, 0) is 6.42 Å². The Kier molecular flexibility index (Phi) is 4.54. The van der Waals surface area contributed by atoms with Gasteiger partial charge in [0.05, 0.1) is 30.1 Å². The first kappa shape index (κ1) is 19.0. The summed E-state index contributed by atoms with van der Waals surface area (Å²) in [6.07, 6.45) is 0.571. The summed E-state index contributed by atoms with van der Waals surface area (Å²) < 4.78 is 8.61. The Hall–Kier alpha value is -3.94. The standard InChI is InChI=1S/C23H22N6O2/c1-14(28-20-7-5-4-6-19(20)25-27-28)12-17-13-21(30)29-23(24-17)15(2)22(26-29)16-8-10-18(31-3)11-9-16/h4-11,13-14,26H,12H2,1-3H3/t14-/m0/s1. The molecule has 0 saturated carbocycles. The van der Waals surface area contributed by atoms with Crippen LogP contribution in [0.15, 0.2) is 59.4 Å². The van der Waals surface area contributed by atoms with Gasteiger partial charge in [-0.05, 0) is 50.2 Å². The number of H-pyrrole nitrogens is 1. The van der Waals surface area contributed by atoms with Crippen molar-refractivity contribution in [2.24, 2.45) is 0 Å². The number of methoxy groups -OCH3 is 1. The molecule has 31 heavy (non-hydrogen) atoms. The minimum absolute atomic E-state index is 0.00190. The molecular formula is C23H22N6O2. The summed E-state index contributed by atoms with van der Waals surface area (Å²) in [5.74, 6) is 0.782. The van der Waals surface area contributed by atoms with Gasteiger partial charge in [0.1, 0.15) is 11.3 Å². The second-order valence-corrected chi connectivity index (χ2v) is 7.66. The van der Waals surface area contributed by atoms with E-state index in [1.807, 2.05) is 60.1 Å². The molecule has 0 spiro atoms. The van der Waals surface area contributed by atoms with Gasteiger partial charge in [-0.15, -0.1) is 5.10 Å². The highest BCUT2D eigenvalue weighted by molar-refractivity contribution is 5.74. The third kappa shape index (κ3) is 3.26. The van der Waals surface area contributed by atoms with Crippen molar-refractivity contribution < 1.29 is 4.74 Å². The van der Waals surface area contributed by atoms with Crippen molar-refractivity contribution in [2.45, 2.75) is 26.3 Å². The summed E-state index contributed by atoms with van der Waals surface area (Å²) in [5, 5.41) is 11.7. The van der Waals surface area contributed by atoms with E-state index in [0.29, 0.717) is 12.1 Å². The summed E-state index contributed by atoms with van der Waals surface area (Å²) in [5.41, 5.74) is 5.77. The molecule has 3 aromatic heterocycles. The van der Waals surface area contributed by atoms with Crippen LogP contribution in [0.5, 0.6) is 5.75 Å². The first-order valence-corrected chi connectivity index (χ1v) is 10.1. The second kappa shape index (κ2) is 7.39. The number of para-hydroxylation sites is 1. The van der Waals surface area contributed by atoms with Crippen LogP contribution in [0, 0.1) is 6.92 Å². The fourth-order valence-corrected chi connectivity index (χ4v) is 3.94. The number of ether oxygens (including phenoxy) is 1. The predicted octanol–water partition coefficient (Wildman–Crippen LogP) is 3.56. The molecule has 0 aliphatic rings. The summed E-state index contributed by atoms with van der Waals surface area (Å²) in [4.78, 5) is 17.6. The minimum Gasteiger partial charge on any atom is -0.497 e. The minimum atomic E-state index is -0.140. The monoisotopic (exact) mass is 414 g/mol. The number of hydrogen-bond acceptors (Lipinski definition) is 5. The van der Waals surface area contributed by atoms with Gasteiger partial charge < -0.3 is 4.74 Å². The Bertz CT molecular complexity index is 1450. The van der Waals surface area contributed by atoms with E-state index in [0.717, 1.165) is 39.3 Å². The number of aromatic amines is 1. The number of nitrogens with one attached hydrogen (secondary N) is 1. The van der Waals surface area contributed by atoms with E-state index in [2.05, 4.69) is 22.3 Å². The number of hydrogen-bond donors (Lipinski definition) is 1. The highest BCUT2D eigenvalue weighted by atomic mass is 16.5. The van der Waals surface area contributed by atoms with Gasteiger partial charge in [-0.3, -0.25) is 9.89 Å². The Morgan fingerprint density at radius 1 is 1.13 bits per heavy atom. The topological polar surface area (TPSA) is 90.1 Å². The summed E-state index contributed by atoms with van der Waals surface area (Å²) in [6, 6.07) is 17.1. The van der Waals surface area contributed by atoms with E-state index < -0.39 is 0 Å². The van der Waals surface area contributed by atoms with E-state index >= 15 is 0 Å². The van der Waals surface area contributed by atoms with Crippen molar-refractivity contribution in [1.29, 1.82) is 0 Å². The van der Waals surface area contributed by atoms with Gasteiger partial charge in [0.25, 0.3) is 5.56 Å². The fourth-order valence-electron chi connectivity index (χ4n) is 3.94. The van der Waals surface area contributed by atoms with Gasteiger partial charge in [-0.2, -0.15) is 0 Å². The fraction of sp³-hybridized carbons (Fsp3) is 0.217.